The van der Waals surface area contributed by atoms with E-state index in [0.717, 1.165) is 22.0 Å². The number of aromatic hydroxyl groups is 2. The first-order valence-electron chi connectivity index (χ1n) is 16.6. The molecule has 0 aromatic heterocycles. The van der Waals surface area contributed by atoms with E-state index >= 15 is 0 Å². The average molecular weight is 741 g/mol. The van der Waals surface area contributed by atoms with Crippen molar-refractivity contribution in [2.24, 2.45) is 0 Å². The molecule has 6 rings (SSSR count). The van der Waals surface area contributed by atoms with Crippen LogP contribution in [0.15, 0.2) is 120 Å². The lowest BCUT2D eigenvalue weighted by atomic mass is 10.0. The number of nitrogens with one attached hydrogen (secondary N) is 2. The summed E-state index contributed by atoms with van der Waals surface area (Å²) in [6.45, 7) is 4.97. The maximum absolute atomic E-state index is 13.9. The van der Waals surface area contributed by atoms with E-state index in [1.165, 1.54) is 28.8 Å². The van der Waals surface area contributed by atoms with Gasteiger partial charge in [0.2, 0.25) is 5.91 Å². The Morgan fingerprint density at radius 3 is 1.88 bits per heavy atom. The molecule has 0 aliphatic carbocycles. The lowest BCUT2D eigenvalue weighted by Gasteiger charge is -2.49. The minimum atomic E-state index is -2.49. The molecule has 1 fully saturated rings. The van der Waals surface area contributed by atoms with E-state index in [1.54, 1.807) is 20.8 Å². The maximum Gasteiger partial charge on any atom is 0.408 e. The van der Waals surface area contributed by atoms with Crippen molar-refractivity contribution in [3.63, 3.8) is 0 Å². The van der Waals surface area contributed by atoms with Crippen molar-refractivity contribution in [3.8, 4) is 11.5 Å². The molecule has 1 unspecified atom stereocenters. The largest absolute Gasteiger partial charge is 0.504 e. The Bertz CT molecular complexity index is 1930. The van der Waals surface area contributed by atoms with Gasteiger partial charge in [-0.25, -0.2) is 9.59 Å². The highest BCUT2D eigenvalue weighted by Crippen LogP contribution is 2.58. The van der Waals surface area contributed by atoms with Gasteiger partial charge in [-0.3, -0.25) is 14.5 Å². The van der Waals surface area contributed by atoms with Gasteiger partial charge in [0.25, 0.3) is 5.91 Å². The van der Waals surface area contributed by atoms with Crippen LogP contribution in [0.4, 0.5) is 4.79 Å². The molecule has 3 atom stereocenters. The first-order chi connectivity index (χ1) is 24.8. The second kappa shape index (κ2) is 14.7. The van der Waals surface area contributed by atoms with Crippen LogP contribution in [-0.4, -0.2) is 73.0 Å². The zero-order valence-corrected chi connectivity index (χ0v) is 30.4. The minimum absolute atomic E-state index is 0.0988. The van der Waals surface area contributed by atoms with Crippen LogP contribution in [0.2, 0.25) is 0 Å². The standard InChI is InChI=1S/C39H38N3O8PS/c1-39(2,3)50-38(49)41-31(24-19-20-29(43)30(44)21-24)34(45)40-32-35(46)42-33(37(47)48)25(23-52-36(32)42)22-51(26-13-7-4-8-14-26,27-15-9-5-10-16-27)28-17-11-6-12-18-28/h4-21,31-32,36H,22-23H2,1-3H3,(H4-,40,41,43,44,45,47,48,49)/p+1/t31?,32-,36+/m1/s1. The van der Waals surface area contributed by atoms with Crippen molar-refractivity contribution < 1.29 is 39.2 Å². The van der Waals surface area contributed by atoms with Gasteiger partial charge in [0, 0.05) is 11.3 Å². The number of hydrogen-bond acceptors (Lipinski definition) is 8. The third-order valence-electron chi connectivity index (χ3n) is 8.82. The quantitative estimate of drug-likeness (QED) is 0.0901. The Labute approximate surface area is 306 Å². The van der Waals surface area contributed by atoms with Gasteiger partial charge in [-0.2, -0.15) is 0 Å². The van der Waals surface area contributed by atoms with Crippen molar-refractivity contribution in [1.82, 2.24) is 15.5 Å². The number of thioether (sulfide) groups is 1. The number of alkyl carbamates (subject to hydrolysis) is 1. The Hall–Kier alpha value is -5.32. The van der Waals surface area contributed by atoms with Crippen LogP contribution in [0, 0.1) is 0 Å². The van der Waals surface area contributed by atoms with Gasteiger partial charge in [0.05, 0.1) is 6.16 Å². The number of phenols is 2. The van der Waals surface area contributed by atoms with Gasteiger partial charge in [-0.15, -0.1) is 11.8 Å². The predicted molar refractivity (Wildman–Crippen MR) is 202 cm³/mol. The molecule has 0 saturated carbocycles. The van der Waals surface area contributed by atoms with E-state index in [-0.39, 0.29) is 11.3 Å². The summed E-state index contributed by atoms with van der Waals surface area (Å²) < 4.78 is 5.34. The Balaban J connectivity index is 1.33. The Morgan fingerprint density at radius 2 is 1.40 bits per heavy atom. The first kappa shape index (κ1) is 36.5. The van der Waals surface area contributed by atoms with Crippen LogP contribution in [-0.2, 0) is 19.1 Å². The fourth-order valence-electron chi connectivity index (χ4n) is 6.54. The minimum Gasteiger partial charge on any atom is -0.504 e. The molecule has 4 aromatic carbocycles. The molecule has 2 aliphatic heterocycles. The highest BCUT2D eigenvalue weighted by atomic mass is 32.2. The van der Waals surface area contributed by atoms with E-state index in [1.807, 2.05) is 54.6 Å². The van der Waals surface area contributed by atoms with Gasteiger partial charge in [0.1, 0.15) is 51.9 Å². The number of hydrogen-bond donors (Lipinski definition) is 5. The summed E-state index contributed by atoms with van der Waals surface area (Å²) in [5, 5.41) is 38.3. The molecule has 268 valence electrons. The zero-order chi connectivity index (χ0) is 37.2. The molecule has 0 bridgehead atoms. The van der Waals surface area contributed by atoms with Crippen molar-refractivity contribution in [2.75, 3.05) is 11.9 Å². The van der Waals surface area contributed by atoms with E-state index in [0.29, 0.717) is 17.5 Å². The third kappa shape index (κ3) is 7.22. The summed E-state index contributed by atoms with van der Waals surface area (Å²) in [4.78, 5) is 54.7. The molecule has 4 aromatic rings. The molecule has 2 aliphatic rings. The topological polar surface area (TPSA) is 166 Å². The number of amides is 3. The lowest BCUT2D eigenvalue weighted by molar-refractivity contribution is -0.151. The monoisotopic (exact) mass is 740 g/mol. The van der Waals surface area contributed by atoms with Crippen molar-refractivity contribution >= 4 is 58.8 Å². The fourth-order valence-corrected chi connectivity index (χ4v) is 12.4. The van der Waals surface area contributed by atoms with Crippen LogP contribution in [0.5, 0.6) is 11.5 Å². The van der Waals surface area contributed by atoms with Gasteiger partial charge in [-0.1, -0.05) is 60.7 Å². The van der Waals surface area contributed by atoms with Crippen molar-refractivity contribution in [3.05, 3.63) is 126 Å². The SMILES string of the molecule is CC(C)(C)OC(=O)NC(C(=O)N[C@@H]1C(=O)N2C(C(=O)O)=C(C[P+](c3ccccc3)(c3ccccc3)c3ccccc3)CS[C@@H]12)c1ccc(O)c(O)c1. The summed E-state index contributed by atoms with van der Waals surface area (Å²) in [7, 11) is -2.49. The second-order valence-electron chi connectivity index (χ2n) is 13.5. The van der Waals surface area contributed by atoms with Crippen molar-refractivity contribution in [2.45, 2.75) is 43.8 Å². The highest BCUT2D eigenvalue weighted by molar-refractivity contribution is 8.00. The fraction of sp³-hybridized carbons (Fsp3) is 0.231. The molecule has 5 N–H and O–H groups in total. The Kier molecular flexibility index (Phi) is 10.3. The number of nitrogens with zero attached hydrogens (tertiary/aromatic N) is 1. The zero-order valence-electron chi connectivity index (χ0n) is 28.7. The van der Waals surface area contributed by atoms with Crippen LogP contribution >= 0.6 is 19.0 Å². The molecular weight excluding hydrogens is 701 g/mol. The number of carboxylic acids is 1. The number of β-lactam (4-membered cyclic amide) rings is 1. The number of rotatable bonds is 10. The van der Waals surface area contributed by atoms with E-state index in [9.17, 15) is 34.5 Å². The molecule has 11 nitrogen and oxygen atoms in total. The van der Waals surface area contributed by atoms with Gasteiger partial charge >= 0.3 is 12.1 Å². The predicted octanol–water partition coefficient (Wildman–Crippen LogP) is 4.40. The van der Waals surface area contributed by atoms with Gasteiger partial charge in [-0.05, 0) is 74.9 Å². The van der Waals surface area contributed by atoms with Crippen LogP contribution in [0.3, 0.4) is 0 Å². The smallest absolute Gasteiger partial charge is 0.408 e. The average Bonchev–Trinajstić information content (AvgIpc) is 3.13. The number of aliphatic carboxylic acids is 1. The summed E-state index contributed by atoms with van der Waals surface area (Å²) in [5.41, 5.74) is -0.251. The molecule has 3 amide bonds. The van der Waals surface area contributed by atoms with Crippen LogP contribution in [0.1, 0.15) is 32.4 Å². The van der Waals surface area contributed by atoms with Crippen molar-refractivity contribution in [1.29, 1.82) is 0 Å². The van der Waals surface area contributed by atoms with Crippen LogP contribution < -0.4 is 26.5 Å². The summed E-state index contributed by atoms with van der Waals surface area (Å²) in [6.07, 6.45) is -0.545. The molecular formula is C39H39N3O8PS+. The lowest BCUT2D eigenvalue weighted by Crippen LogP contribution is -2.71. The van der Waals surface area contributed by atoms with E-state index < -0.39 is 65.7 Å². The normalized spacial score (nSPS) is 17.8. The highest BCUT2D eigenvalue weighted by Gasteiger charge is 2.56. The first-order valence-corrected chi connectivity index (χ1v) is 19.6. The maximum atomic E-state index is 13.9. The second-order valence-corrected chi connectivity index (χ2v) is 18.0. The summed E-state index contributed by atoms with van der Waals surface area (Å²) in [5.74, 6) is -3.28. The summed E-state index contributed by atoms with van der Waals surface area (Å²) >= 11 is 1.36. The number of fused-ring (bicyclic) bond motifs is 1. The van der Waals surface area contributed by atoms with E-state index in [4.69, 9.17) is 4.74 Å². The van der Waals surface area contributed by atoms with Crippen LogP contribution in [0.25, 0.3) is 0 Å². The number of phenolic OH excluding ortho intramolecular Hbond substituents is 2. The van der Waals surface area contributed by atoms with Gasteiger partial charge < -0.3 is 30.7 Å². The number of ether oxygens (including phenoxy) is 1. The number of benzene rings is 4. The molecule has 52 heavy (non-hydrogen) atoms. The number of carbonyl (C=O) groups is 4. The molecule has 0 spiro atoms. The third-order valence-corrected chi connectivity index (χ3v) is 14.6. The van der Waals surface area contributed by atoms with E-state index in [2.05, 4.69) is 47.0 Å². The molecule has 13 heteroatoms. The summed E-state index contributed by atoms with van der Waals surface area (Å²) in [6, 6.07) is 31.3. The Morgan fingerprint density at radius 1 is 0.865 bits per heavy atom. The van der Waals surface area contributed by atoms with Gasteiger partial charge in [0.15, 0.2) is 11.5 Å². The molecule has 2 heterocycles. The molecule has 0 radical (unpaired) electrons. The number of carbonyl (C=O) groups excluding carboxylic acids is 3. The molecule has 1 saturated heterocycles. The number of carboxylic acid groups (broad SMARTS) is 1.